The largest absolute Gasteiger partial charge is 0.307 e. The zero-order valence-electron chi connectivity index (χ0n) is 11.0. The summed E-state index contributed by atoms with van der Waals surface area (Å²) in [6.07, 6.45) is 6.48. The summed E-state index contributed by atoms with van der Waals surface area (Å²) in [5.41, 5.74) is 0.560. The molecule has 0 amide bonds. The third-order valence-corrected chi connectivity index (χ3v) is 2.97. The number of rotatable bonds is 7. The summed E-state index contributed by atoms with van der Waals surface area (Å²) < 4.78 is 0. The highest BCUT2D eigenvalue weighted by Crippen LogP contribution is 2.19. The third kappa shape index (κ3) is 6.42. The van der Waals surface area contributed by atoms with Crippen LogP contribution in [-0.2, 0) is 0 Å². The Hall–Kier alpha value is -0.0400. The molecule has 86 valence electrons. The minimum atomic E-state index is 0.274. The fourth-order valence-corrected chi connectivity index (χ4v) is 1.88. The molecule has 0 saturated carbocycles. The second-order valence-electron chi connectivity index (χ2n) is 5.70. The van der Waals surface area contributed by atoms with Gasteiger partial charge in [0.15, 0.2) is 0 Å². The van der Waals surface area contributed by atoms with Gasteiger partial charge in [0.05, 0.1) is 0 Å². The second kappa shape index (κ2) is 5.75. The van der Waals surface area contributed by atoms with Crippen molar-refractivity contribution in [2.75, 3.05) is 0 Å². The lowest BCUT2D eigenvalue weighted by Gasteiger charge is -2.37. The van der Waals surface area contributed by atoms with Gasteiger partial charge < -0.3 is 5.32 Å². The average Bonchev–Trinajstić information content (AvgIpc) is 2.03. The van der Waals surface area contributed by atoms with Gasteiger partial charge in [0.1, 0.15) is 0 Å². The van der Waals surface area contributed by atoms with Crippen LogP contribution in [0.25, 0.3) is 0 Å². The normalized spacial score (nSPS) is 13.3. The molecule has 0 bridgehead atoms. The van der Waals surface area contributed by atoms with Crippen molar-refractivity contribution in [3.63, 3.8) is 0 Å². The molecule has 0 radical (unpaired) electrons. The smallest absolute Gasteiger partial charge is 0.0130 e. The van der Waals surface area contributed by atoms with E-state index in [0.717, 1.165) is 0 Å². The Balaban J connectivity index is 3.93. The Kier molecular flexibility index (Phi) is 5.73. The molecular formula is C13H29N. The summed E-state index contributed by atoms with van der Waals surface area (Å²) in [7, 11) is 0. The van der Waals surface area contributed by atoms with Crippen LogP contribution in [0.3, 0.4) is 0 Å². The molecule has 0 aromatic rings. The van der Waals surface area contributed by atoms with Crippen LogP contribution in [0, 0.1) is 0 Å². The van der Waals surface area contributed by atoms with Gasteiger partial charge in [-0.25, -0.2) is 0 Å². The first kappa shape index (κ1) is 14.0. The predicted molar refractivity (Wildman–Crippen MR) is 65.7 cm³/mol. The lowest BCUT2D eigenvalue weighted by atomic mass is 9.91. The van der Waals surface area contributed by atoms with E-state index in [1.807, 2.05) is 0 Å². The molecule has 1 heteroatoms. The summed E-state index contributed by atoms with van der Waals surface area (Å²) in [4.78, 5) is 0. The second-order valence-corrected chi connectivity index (χ2v) is 5.70. The van der Waals surface area contributed by atoms with Gasteiger partial charge in [-0.3, -0.25) is 0 Å². The molecule has 0 heterocycles. The van der Waals surface area contributed by atoms with E-state index >= 15 is 0 Å². The molecule has 0 unspecified atom stereocenters. The van der Waals surface area contributed by atoms with Crippen molar-refractivity contribution in [2.45, 2.75) is 84.7 Å². The molecule has 0 aliphatic carbocycles. The van der Waals surface area contributed by atoms with Crippen LogP contribution in [0.5, 0.6) is 0 Å². The van der Waals surface area contributed by atoms with Gasteiger partial charge in [0.25, 0.3) is 0 Å². The van der Waals surface area contributed by atoms with Gasteiger partial charge in [-0.1, -0.05) is 33.1 Å². The highest BCUT2D eigenvalue weighted by molar-refractivity contribution is 4.87. The lowest BCUT2D eigenvalue weighted by molar-refractivity contribution is 0.241. The van der Waals surface area contributed by atoms with Crippen molar-refractivity contribution in [3.8, 4) is 0 Å². The standard InChI is InChI=1S/C13H29N/c1-7-9-10-11-13(5,6)14-12(3,4)8-2/h14H,7-11H2,1-6H3. The molecule has 0 fully saturated rings. The van der Waals surface area contributed by atoms with Gasteiger partial charge in [0, 0.05) is 11.1 Å². The van der Waals surface area contributed by atoms with E-state index in [1.54, 1.807) is 0 Å². The first-order valence-electron chi connectivity index (χ1n) is 6.12. The summed E-state index contributed by atoms with van der Waals surface area (Å²) in [6, 6.07) is 0. The first-order chi connectivity index (χ1) is 6.33. The van der Waals surface area contributed by atoms with E-state index < -0.39 is 0 Å². The van der Waals surface area contributed by atoms with Crippen molar-refractivity contribution < 1.29 is 0 Å². The van der Waals surface area contributed by atoms with E-state index in [9.17, 15) is 0 Å². The number of nitrogens with one attached hydrogen (secondary N) is 1. The Morgan fingerprint density at radius 1 is 0.857 bits per heavy atom. The Bertz CT molecular complexity index is 147. The molecule has 0 saturated heterocycles. The van der Waals surface area contributed by atoms with Crippen LogP contribution in [0.1, 0.15) is 73.6 Å². The summed E-state index contributed by atoms with van der Waals surface area (Å²) in [5, 5.41) is 3.74. The van der Waals surface area contributed by atoms with Crippen molar-refractivity contribution in [3.05, 3.63) is 0 Å². The molecule has 0 aromatic carbocycles. The fourth-order valence-electron chi connectivity index (χ4n) is 1.88. The molecule has 0 rings (SSSR count). The number of unbranched alkanes of at least 4 members (excludes halogenated alkanes) is 2. The van der Waals surface area contributed by atoms with Gasteiger partial charge >= 0.3 is 0 Å². The quantitative estimate of drug-likeness (QED) is 0.608. The predicted octanol–water partition coefficient (Wildman–Crippen LogP) is 4.12. The number of hydrogen-bond acceptors (Lipinski definition) is 1. The maximum Gasteiger partial charge on any atom is 0.0130 e. The van der Waals surface area contributed by atoms with Crippen molar-refractivity contribution in [1.82, 2.24) is 5.32 Å². The van der Waals surface area contributed by atoms with Gasteiger partial charge in [-0.2, -0.15) is 0 Å². The molecule has 0 aliphatic heterocycles. The van der Waals surface area contributed by atoms with Crippen LogP contribution in [0.2, 0.25) is 0 Å². The van der Waals surface area contributed by atoms with Crippen LogP contribution >= 0.6 is 0 Å². The van der Waals surface area contributed by atoms with Crippen molar-refractivity contribution in [2.24, 2.45) is 0 Å². The Morgan fingerprint density at radius 3 is 1.86 bits per heavy atom. The zero-order chi connectivity index (χ0) is 11.2. The highest BCUT2D eigenvalue weighted by atomic mass is 15.0. The molecular weight excluding hydrogens is 170 g/mol. The topological polar surface area (TPSA) is 12.0 Å². The molecule has 0 spiro atoms. The average molecular weight is 199 g/mol. The summed E-state index contributed by atoms with van der Waals surface area (Å²) >= 11 is 0. The highest BCUT2D eigenvalue weighted by Gasteiger charge is 2.25. The Labute approximate surface area is 90.7 Å². The van der Waals surface area contributed by atoms with E-state index in [-0.39, 0.29) is 11.1 Å². The van der Waals surface area contributed by atoms with Crippen LogP contribution in [-0.4, -0.2) is 11.1 Å². The number of hydrogen-bond donors (Lipinski definition) is 1. The summed E-state index contributed by atoms with van der Waals surface area (Å²) in [6.45, 7) is 13.7. The maximum absolute atomic E-state index is 3.74. The van der Waals surface area contributed by atoms with Crippen LogP contribution in [0.15, 0.2) is 0 Å². The van der Waals surface area contributed by atoms with E-state index in [2.05, 4.69) is 46.9 Å². The first-order valence-corrected chi connectivity index (χ1v) is 6.12. The fraction of sp³-hybridized carbons (Fsp3) is 1.00. The molecule has 0 atom stereocenters. The SMILES string of the molecule is CCCCCC(C)(C)NC(C)(C)CC. The molecule has 1 nitrogen and oxygen atoms in total. The van der Waals surface area contributed by atoms with Crippen molar-refractivity contribution >= 4 is 0 Å². The molecule has 14 heavy (non-hydrogen) atoms. The van der Waals surface area contributed by atoms with Crippen LogP contribution in [0.4, 0.5) is 0 Å². The minimum absolute atomic E-state index is 0.274. The Morgan fingerprint density at radius 2 is 1.43 bits per heavy atom. The molecule has 0 aliphatic rings. The van der Waals surface area contributed by atoms with Crippen LogP contribution < -0.4 is 5.32 Å². The lowest BCUT2D eigenvalue weighted by Crippen LogP contribution is -2.51. The molecule has 1 N–H and O–H groups in total. The molecule has 0 aromatic heterocycles. The van der Waals surface area contributed by atoms with Gasteiger partial charge in [0.2, 0.25) is 0 Å². The summed E-state index contributed by atoms with van der Waals surface area (Å²) in [5.74, 6) is 0. The van der Waals surface area contributed by atoms with E-state index in [4.69, 9.17) is 0 Å². The van der Waals surface area contributed by atoms with E-state index in [1.165, 1.54) is 32.1 Å². The minimum Gasteiger partial charge on any atom is -0.307 e. The zero-order valence-corrected chi connectivity index (χ0v) is 11.0. The van der Waals surface area contributed by atoms with Gasteiger partial charge in [-0.05, 0) is 40.5 Å². The van der Waals surface area contributed by atoms with E-state index in [0.29, 0.717) is 0 Å². The third-order valence-electron chi connectivity index (χ3n) is 2.97. The maximum atomic E-state index is 3.74. The van der Waals surface area contributed by atoms with Crippen molar-refractivity contribution in [1.29, 1.82) is 0 Å². The van der Waals surface area contributed by atoms with Gasteiger partial charge in [-0.15, -0.1) is 0 Å². The monoisotopic (exact) mass is 199 g/mol.